The van der Waals surface area contributed by atoms with Crippen LogP contribution in [0.4, 0.5) is 4.39 Å². The lowest BCUT2D eigenvalue weighted by atomic mass is 10.1. The Balaban J connectivity index is 1.99. The van der Waals surface area contributed by atoms with Gasteiger partial charge in [0.25, 0.3) is 0 Å². The summed E-state index contributed by atoms with van der Waals surface area (Å²) in [5, 5.41) is 7.96. The molecule has 5 heteroatoms. The molecular formula is C15H10BrFN2O. The van der Waals surface area contributed by atoms with Crippen molar-refractivity contribution in [3.63, 3.8) is 0 Å². The third kappa shape index (κ3) is 2.49. The van der Waals surface area contributed by atoms with Crippen molar-refractivity contribution in [3.05, 3.63) is 58.3 Å². The van der Waals surface area contributed by atoms with Crippen molar-refractivity contribution < 1.29 is 8.81 Å². The second kappa shape index (κ2) is 5.17. The Morgan fingerprint density at radius 1 is 1.00 bits per heavy atom. The van der Waals surface area contributed by atoms with Gasteiger partial charge in [-0.3, -0.25) is 0 Å². The Morgan fingerprint density at radius 2 is 1.70 bits per heavy atom. The summed E-state index contributed by atoms with van der Waals surface area (Å²) >= 11 is 3.47. The molecule has 3 rings (SSSR count). The van der Waals surface area contributed by atoms with Crippen LogP contribution < -0.4 is 0 Å². The Labute approximate surface area is 123 Å². The number of rotatable bonds is 2. The topological polar surface area (TPSA) is 38.9 Å². The summed E-state index contributed by atoms with van der Waals surface area (Å²) in [6.45, 7) is 2.00. The molecule has 0 unspecified atom stereocenters. The summed E-state index contributed by atoms with van der Waals surface area (Å²) in [6, 6.07) is 11.9. The standard InChI is InChI=1S/C15H10BrFN2O/c1-9-5-6-11(8-13(9)16)15-19-18-14(20-15)10-3-2-4-12(17)7-10/h2-8H,1H3. The first-order chi connectivity index (χ1) is 9.63. The third-order valence-electron chi connectivity index (χ3n) is 2.92. The molecule has 0 aliphatic heterocycles. The highest BCUT2D eigenvalue weighted by molar-refractivity contribution is 9.10. The van der Waals surface area contributed by atoms with Gasteiger partial charge in [0.1, 0.15) is 5.82 Å². The lowest BCUT2D eigenvalue weighted by Gasteiger charge is -1.99. The molecule has 0 fully saturated rings. The molecule has 0 amide bonds. The van der Waals surface area contributed by atoms with Gasteiger partial charge in [0.15, 0.2) is 0 Å². The van der Waals surface area contributed by atoms with E-state index in [0.717, 1.165) is 15.6 Å². The lowest BCUT2D eigenvalue weighted by molar-refractivity contribution is 0.582. The van der Waals surface area contributed by atoms with Gasteiger partial charge in [-0.1, -0.05) is 28.1 Å². The predicted molar refractivity (Wildman–Crippen MR) is 77.6 cm³/mol. The van der Waals surface area contributed by atoms with Crippen molar-refractivity contribution >= 4 is 15.9 Å². The smallest absolute Gasteiger partial charge is 0.248 e. The average Bonchev–Trinajstić information content (AvgIpc) is 2.92. The van der Waals surface area contributed by atoms with Gasteiger partial charge in [0, 0.05) is 15.6 Å². The van der Waals surface area contributed by atoms with Gasteiger partial charge in [-0.2, -0.15) is 0 Å². The molecule has 0 bridgehead atoms. The summed E-state index contributed by atoms with van der Waals surface area (Å²) in [5.41, 5.74) is 2.51. The van der Waals surface area contributed by atoms with Gasteiger partial charge in [-0.25, -0.2) is 4.39 Å². The highest BCUT2D eigenvalue weighted by atomic mass is 79.9. The number of aromatic nitrogens is 2. The first kappa shape index (κ1) is 13.0. The highest BCUT2D eigenvalue weighted by Gasteiger charge is 2.11. The van der Waals surface area contributed by atoms with Crippen LogP contribution in [0.25, 0.3) is 22.9 Å². The Morgan fingerprint density at radius 3 is 2.35 bits per heavy atom. The molecule has 1 heterocycles. The van der Waals surface area contributed by atoms with Crippen LogP contribution in [-0.2, 0) is 0 Å². The van der Waals surface area contributed by atoms with Crippen LogP contribution in [0.3, 0.4) is 0 Å². The van der Waals surface area contributed by atoms with Crippen molar-refractivity contribution in [1.29, 1.82) is 0 Å². The normalized spacial score (nSPS) is 10.8. The fraction of sp³-hybridized carbons (Fsp3) is 0.0667. The maximum atomic E-state index is 13.2. The molecule has 3 aromatic rings. The van der Waals surface area contributed by atoms with Crippen LogP contribution in [-0.4, -0.2) is 10.2 Å². The average molecular weight is 333 g/mol. The van der Waals surface area contributed by atoms with E-state index in [9.17, 15) is 4.39 Å². The molecule has 0 spiro atoms. The van der Waals surface area contributed by atoms with E-state index in [2.05, 4.69) is 26.1 Å². The van der Waals surface area contributed by atoms with Crippen LogP contribution in [0.15, 0.2) is 51.4 Å². The fourth-order valence-electron chi connectivity index (χ4n) is 1.80. The van der Waals surface area contributed by atoms with Gasteiger partial charge in [0.05, 0.1) is 0 Å². The van der Waals surface area contributed by atoms with Crippen LogP contribution in [0.5, 0.6) is 0 Å². The van der Waals surface area contributed by atoms with Gasteiger partial charge >= 0.3 is 0 Å². The van der Waals surface area contributed by atoms with E-state index in [0.29, 0.717) is 17.3 Å². The number of benzene rings is 2. The zero-order valence-corrected chi connectivity index (χ0v) is 12.2. The van der Waals surface area contributed by atoms with Crippen molar-refractivity contribution in [1.82, 2.24) is 10.2 Å². The molecule has 0 atom stereocenters. The van der Waals surface area contributed by atoms with E-state index in [1.54, 1.807) is 12.1 Å². The highest BCUT2D eigenvalue weighted by Crippen LogP contribution is 2.27. The van der Waals surface area contributed by atoms with Crippen molar-refractivity contribution in [2.24, 2.45) is 0 Å². The summed E-state index contributed by atoms with van der Waals surface area (Å²) in [7, 11) is 0. The van der Waals surface area contributed by atoms with Gasteiger partial charge in [0.2, 0.25) is 11.8 Å². The van der Waals surface area contributed by atoms with Crippen molar-refractivity contribution in [2.75, 3.05) is 0 Å². The van der Waals surface area contributed by atoms with E-state index in [1.807, 2.05) is 25.1 Å². The SMILES string of the molecule is Cc1ccc(-c2nnc(-c3cccc(F)c3)o2)cc1Br. The Hall–Kier alpha value is -2.01. The van der Waals surface area contributed by atoms with Gasteiger partial charge in [-0.05, 0) is 42.8 Å². The van der Waals surface area contributed by atoms with Crippen molar-refractivity contribution in [2.45, 2.75) is 6.92 Å². The Kier molecular flexibility index (Phi) is 3.36. The number of aryl methyl sites for hydroxylation is 1. The first-order valence-electron chi connectivity index (χ1n) is 5.99. The van der Waals surface area contributed by atoms with E-state index in [1.165, 1.54) is 12.1 Å². The van der Waals surface area contributed by atoms with Crippen LogP contribution in [0.2, 0.25) is 0 Å². The van der Waals surface area contributed by atoms with Gasteiger partial charge < -0.3 is 4.42 Å². The zero-order chi connectivity index (χ0) is 14.1. The molecule has 0 saturated heterocycles. The predicted octanol–water partition coefficient (Wildman–Crippen LogP) is 4.61. The second-order valence-electron chi connectivity index (χ2n) is 4.39. The molecule has 1 aromatic heterocycles. The number of halogens is 2. The molecule has 20 heavy (non-hydrogen) atoms. The first-order valence-corrected chi connectivity index (χ1v) is 6.79. The molecule has 0 saturated carbocycles. The molecule has 0 aliphatic carbocycles. The number of nitrogens with zero attached hydrogens (tertiary/aromatic N) is 2. The fourth-order valence-corrected chi connectivity index (χ4v) is 2.18. The molecule has 0 N–H and O–H groups in total. The number of hydrogen-bond donors (Lipinski definition) is 0. The van der Waals surface area contributed by atoms with Crippen molar-refractivity contribution in [3.8, 4) is 22.9 Å². The summed E-state index contributed by atoms with van der Waals surface area (Å²) in [6.07, 6.45) is 0. The maximum absolute atomic E-state index is 13.2. The van der Waals surface area contributed by atoms with Gasteiger partial charge in [-0.15, -0.1) is 10.2 Å². The second-order valence-corrected chi connectivity index (χ2v) is 5.24. The molecular weight excluding hydrogens is 323 g/mol. The molecule has 100 valence electrons. The minimum atomic E-state index is -0.333. The summed E-state index contributed by atoms with van der Waals surface area (Å²) in [4.78, 5) is 0. The largest absolute Gasteiger partial charge is 0.416 e. The Bertz CT molecular complexity index is 770. The summed E-state index contributed by atoms with van der Waals surface area (Å²) in [5.74, 6) is 0.376. The van der Waals surface area contributed by atoms with E-state index in [4.69, 9.17) is 4.42 Å². The third-order valence-corrected chi connectivity index (χ3v) is 3.77. The molecule has 0 radical (unpaired) electrons. The monoisotopic (exact) mass is 332 g/mol. The van der Waals surface area contributed by atoms with Crippen LogP contribution >= 0.6 is 15.9 Å². The molecule has 2 aromatic carbocycles. The van der Waals surface area contributed by atoms with E-state index >= 15 is 0 Å². The number of hydrogen-bond acceptors (Lipinski definition) is 3. The maximum Gasteiger partial charge on any atom is 0.248 e. The minimum absolute atomic E-state index is 0.302. The zero-order valence-electron chi connectivity index (χ0n) is 10.6. The van der Waals surface area contributed by atoms with Crippen LogP contribution in [0, 0.1) is 12.7 Å². The molecule has 0 aliphatic rings. The quantitative estimate of drug-likeness (QED) is 0.687. The van der Waals surface area contributed by atoms with Crippen LogP contribution in [0.1, 0.15) is 5.56 Å². The minimum Gasteiger partial charge on any atom is -0.416 e. The van der Waals surface area contributed by atoms with E-state index < -0.39 is 0 Å². The van der Waals surface area contributed by atoms with E-state index in [-0.39, 0.29) is 5.82 Å². The lowest BCUT2D eigenvalue weighted by Crippen LogP contribution is -1.80. The molecule has 3 nitrogen and oxygen atoms in total. The summed E-state index contributed by atoms with van der Waals surface area (Å²) < 4.78 is 19.8.